The van der Waals surface area contributed by atoms with Gasteiger partial charge in [-0.3, -0.25) is 14.8 Å². The number of likely N-dealkylation sites (tertiary alicyclic amines) is 1. The summed E-state index contributed by atoms with van der Waals surface area (Å²) in [5, 5.41) is 0. The number of nitrogens with zero attached hydrogens (tertiary/aromatic N) is 3. The van der Waals surface area contributed by atoms with Gasteiger partial charge in [0.1, 0.15) is 5.75 Å². The first-order chi connectivity index (χ1) is 14.6. The summed E-state index contributed by atoms with van der Waals surface area (Å²) in [6.07, 6.45) is 5.90. The Bertz CT molecular complexity index is 1020. The maximum Gasteiger partial charge on any atom is 0.227 e. The van der Waals surface area contributed by atoms with Crippen molar-refractivity contribution < 1.29 is 9.53 Å². The van der Waals surface area contributed by atoms with Crippen LogP contribution in [0, 0.1) is 6.92 Å². The molecule has 1 aliphatic heterocycles. The van der Waals surface area contributed by atoms with Crippen molar-refractivity contribution in [2.24, 2.45) is 0 Å². The zero-order valence-electron chi connectivity index (χ0n) is 17.5. The number of carbonyl (C=O) groups excluding carboxylic acids is 1. The largest absolute Gasteiger partial charge is 0.497 e. The number of aromatic nitrogens is 2. The molecule has 3 aromatic rings. The molecule has 4 rings (SSSR count). The van der Waals surface area contributed by atoms with E-state index >= 15 is 0 Å². The molecule has 0 radical (unpaired) electrons. The minimum absolute atomic E-state index is 0.158. The molecule has 2 aromatic carbocycles. The summed E-state index contributed by atoms with van der Waals surface area (Å²) in [7, 11) is 1.64. The van der Waals surface area contributed by atoms with Gasteiger partial charge in [-0.2, -0.15) is 0 Å². The molecule has 0 unspecified atom stereocenters. The topological polar surface area (TPSA) is 55.3 Å². The summed E-state index contributed by atoms with van der Waals surface area (Å²) < 4.78 is 5.20. The Labute approximate surface area is 177 Å². The highest BCUT2D eigenvalue weighted by Crippen LogP contribution is 2.32. The van der Waals surface area contributed by atoms with Crippen molar-refractivity contribution >= 4 is 5.91 Å². The summed E-state index contributed by atoms with van der Waals surface area (Å²) >= 11 is 0. The molecule has 1 saturated heterocycles. The molecular formula is C25H27N3O2. The highest BCUT2D eigenvalue weighted by atomic mass is 16.5. The number of benzene rings is 2. The van der Waals surface area contributed by atoms with E-state index in [4.69, 9.17) is 9.72 Å². The smallest absolute Gasteiger partial charge is 0.227 e. The van der Waals surface area contributed by atoms with Crippen molar-refractivity contribution in [3.8, 4) is 17.0 Å². The monoisotopic (exact) mass is 401 g/mol. The van der Waals surface area contributed by atoms with Crippen LogP contribution in [0.15, 0.2) is 60.9 Å². The summed E-state index contributed by atoms with van der Waals surface area (Å²) in [4.78, 5) is 24.3. The number of methoxy groups -OCH3 is 1. The van der Waals surface area contributed by atoms with Crippen molar-refractivity contribution in [2.75, 3.05) is 20.2 Å². The van der Waals surface area contributed by atoms with E-state index in [2.05, 4.69) is 36.2 Å². The Kier molecular flexibility index (Phi) is 6.07. The van der Waals surface area contributed by atoms with Crippen molar-refractivity contribution in [2.45, 2.75) is 32.1 Å². The summed E-state index contributed by atoms with van der Waals surface area (Å²) in [5.74, 6) is 1.16. The quantitative estimate of drug-likeness (QED) is 0.635. The fourth-order valence-corrected chi connectivity index (χ4v) is 4.12. The van der Waals surface area contributed by atoms with Gasteiger partial charge in [-0.05, 0) is 43.5 Å². The van der Waals surface area contributed by atoms with Crippen LogP contribution in [-0.4, -0.2) is 41.0 Å². The first-order valence-corrected chi connectivity index (χ1v) is 10.4. The molecule has 1 fully saturated rings. The van der Waals surface area contributed by atoms with Crippen molar-refractivity contribution in [3.05, 3.63) is 77.7 Å². The minimum Gasteiger partial charge on any atom is -0.497 e. The highest BCUT2D eigenvalue weighted by molar-refractivity contribution is 5.79. The van der Waals surface area contributed by atoms with E-state index in [1.807, 2.05) is 29.2 Å². The van der Waals surface area contributed by atoms with Crippen LogP contribution < -0.4 is 4.74 Å². The lowest BCUT2D eigenvalue weighted by Gasteiger charge is -2.33. The van der Waals surface area contributed by atoms with Gasteiger partial charge >= 0.3 is 0 Å². The van der Waals surface area contributed by atoms with Gasteiger partial charge in [-0.15, -0.1) is 0 Å². The Balaban J connectivity index is 1.51. The third-order valence-corrected chi connectivity index (χ3v) is 5.69. The summed E-state index contributed by atoms with van der Waals surface area (Å²) in [5.41, 5.74) is 5.20. The SMILES string of the molecule is COc1ccc(CC(=O)N2CCC[C@H](c3nccnc3-c3cccc(C)c3)C2)cc1. The normalized spacial score (nSPS) is 16.3. The molecule has 1 amide bonds. The Morgan fingerprint density at radius 2 is 1.93 bits per heavy atom. The molecule has 0 saturated carbocycles. The lowest BCUT2D eigenvalue weighted by molar-refractivity contribution is -0.131. The van der Waals surface area contributed by atoms with Crippen molar-refractivity contribution in [1.82, 2.24) is 14.9 Å². The van der Waals surface area contributed by atoms with Gasteiger partial charge in [0.2, 0.25) is 5.91 Å². The van der Waals surface area contributed by atoms with Gasteiger partial charge in [-0.1, -0.05) is 35.9 Å². The number of hydrogen-bond acceptors (Lipinski definition) is 4. The molecule has 0 bridgehead atoms. The van der Waals surface area contributed by atoms with Crippen LogP contribution in [0.3, 0.4) is 0 Å². The van der Waals surface area contributed by atoms with Gasteiger partial charge in [0.05, 0.1) is 24.9 Å². The molecule has 1 aliphatic rings. The standard InChI is InChI=1S/C25H27N3O2/c1-18-5-3-6-20(15-18)24-25(27-13-12-26-24)21-7-4-14-28(17-21)23(29)16-19-8-10-22(30-2)11-9-19/h3,5-6,8-13,15,21H,4,7,14,16-17H2,1-2H3/t21-/m0/s1. The average Bonchev–Trinajstić information content (AvgIpc) is 2.79. The molecule has 5 nitrogen and oxygen atoms in total. The van der Waals surface area contributed by atoms with Crippen LogP contribution in [-0.2, 0) is 11.2 Å². The van der Waals surface area contributed by atoms with Crippen molar-refractivity contribution in [1.29, 1.82) is 0 Å². The van der Waals surface area contributed by atoms with Crippen LogP contribution in [0.1, 0.15) is 35.6 Å². The molecular weight excluding hydrogens is 374 g/mol. The predicted molar refractivity (Wildman–Crippen MR) is 117 cm³/mol. The number of ether oxygens (including phenoxy) is 1. The molecule has 2 heterocycles. The van der Waals surface area contributed by atoms with E-state index in [1.54, 1.807) is 19.5 Å². The third kappa shape index (κ3) is 4.51. The maximum atomic E-state index is 13.0. The zero-order valence-corrected chi connectivity index (χ0v) is 17.5. The van der Waals surface area contributed by atoms with Crippen LogP contribution in [0.2, 0.25) is 0 Å². The van der Waals surface area contributed by atoms with E-state index in [0.717, 1.165) is 47.7 Å². The molecule has 0 N–H and O–H groups in total. The minimum atomic E-state index is 0.158. The number of rotatable bonds is 5. The second-order valence-corrected chi connectivity index (χ2v) is 7.86. The van der Waals surface area contributed by atoms with Crippen molar-refractivity contribution in [3.63, 3.8) is 0 Å². The molecule has 154 valence electrons. The van der Waals surface area contributed by atoms with E-state index < -0.39 is 0 Å². The van der Waals surface area contributed by atoms with Crippen LogP contribution in [0.5, 0.6) is 5.75 Å². The first kappa shape index (κ1) is 20.1. The first-order valence-electron chi connectivity index (χ1n) is 10.4. The average molecular weight is 402 g/mol. The number of carbonyl (C=O) groups is 1. The van der Waals surface area contributed by atoms with E-state index in [9.17, 15) is 4.79 Å². The number of hydrogen-bond donors (Lipinski definition) is 0. The van der Waals surface area contributed by atoms with Gasteiger partial charge in [0.15, 0.2) is 0 Å². The van der Waals surface area contributed by atoms with Crippen LogP contribution >= 0.6 is 0 Å². The second kappa shape index (κ2) is 9.08. The lowest BCUT2D eigenvalue weighted by Crippen LogP contribution is -2.40. The maximum absolute atomic E-state index is 13.0. The Morgan fingerprint density at radius 1 is 1.13 bits per heavy atom. The predicted octanol–water partition coefficient (Wildman–Crippen LogP) is 4.41. The molecule has 5 heteroatoms. The number of aryl methyl sites for hydroxylation is 1. The van der Waals surface area contributed by atoms with E-state index in [0.29, 0.717) is 13.0 Å². The molecule has 1 aromatic heterocycles. The van der Waals surface area contributed by atoms with Gasteiger partial charge in [-0.25, -0.2) is 0 Å². The number of amides is 1. The van der Waals surface area contributed by atoms with E-state index in [-0.39, 0.29) is 11.8 Å². The fourth-order valence-electron chi connectivity index (χ4n) is 4.12. The van der Waals surface area contributed by atoms with E-state index in [1.165, 1.54) is 5.56 Å². The van der Waals surface area contributed by atoms with Crippen LogP contribution in [0.4, 0.5) is 0 Å². The molecule has 30 heavy (non-hydrogen) atoms. The van der Waals surface area contributed by atoms with Gasteiger partial charge in [0, 0.05) is 37.0 Å². The highest BCUT2D eigenvalue weighted by Gasteiger charge is 2.28. The summed E-state index contributed by atoms with van der Waals surface area (Å²) in [6, 6.07) is 16.1. The Hall–Kier alpha value is -3.21. The summed E-state index contributed by atoms with van der Waals surface area (Å²) in [6.45, 7) is 3.57. The lowest BCUT2D eigenvalue weighted by atomic mass is 9.91. The number of piperidine rings is 1. The van der Waals surface area contributed by atoms with Gasteiger partial charge in [0.25, 0.3) is 0 Å². The van der Waals surface area contributed by atoms with Gasteiger partial charge < -0.3 is 9.64 Å². The zero-order chi connectivity index (χ0) is 20.9. The fraction of sp³-hybridized carbons (Fsp3) is 0.320. The molecule has 0 spiro atoms. The molecule has 0 aliphatic carbocycles. The second-order valence-electron chi connectivity index (χ2n) is 7.86. The van der Waals surface area contributed by atoms with Crippen LogP contribution in [0.25, 0.3) is 11.3 Å². The molecule has 1 atom stereocenters. The Morgan fingerprint density at radius 3 is 2.70 bits per heavy atom. The third-order valence-electron chi connectivity index (χ3n) is 5.69.